The second-order valence-corrected chi connectivity index (χ2v) is 7.56. The average Bonchev–Trinajstić information content (AvgIpc) is 3.31. The number of anilines is 1. The first-order valence-corrected chi connectivity index (χ1v) is 9.73. The van der Waals surface area contributed by atoms with Gasteiger partial charge in [0, 0.05) is 24.4 Å². The Labute approximate surface area is 156 Å². The van der Waals surface area contributed by atoms with Crippen molar-refractivity contribution in [3.8, 4) is 0 Å². The van der Waals surface area contributed by atoms with Crippen LogP contribution in [0.4, 0.5) is 5.82 Å². The molecule has 0 spiro atoms. The molecule has 0 aromatic carbocycles. The van der Waals surface area contributed by atoms with Gasteiger partial charge in [0.1, 0.15) is 12.1 Å². The van der Waals surface area contributed by atoms with Crippen LogP contribution in [0.1, 0.15) is 42.6 Å². The highest BCUT2D eigenvalue weighted by atomic mass is 16.1. The van der Waals surface area contributed by atoms with Gasteiger partial charge in [-0.1, -0.05) is 0 Å². The monoisotopic (exact) mass is 365 g/mol. The van der Waals surface area contributed by atoms with Crippen LogP contribution in [0.3, 0.4) is 0 Å². The van der Waals surface area contributed by atoms with Crippen LogP contribution in [0.5, 0.6) is 0 Å². The quantitative estimate of drug-likeness (QED) is 0.700. The third-order valence-corrected chi connectivity index (χ3v) is 5.69. The highest BCUT2D eigenvalue weighted by Gasteiger charge is 2.28. The highest BCUT2D eigenvalue weighted by Crippen LogP contribution is 2.27. The van der Waals surface area contributed by atoms with Gasteiger partial charge in [-0.3, -0.25) is 4.79 Å². The predicted octanol–water partition coefficient (Wildman–Crippen LogP) is 1.54. The number of hydrogen-bond acceptors (Lipinski definition) is 6. The molecule has 0 amide bonds. The fraction of sp³-hybridized carbons (Fsp3) is 0.526. The maximum Gasteiger partial charge on any atom is 0.267 e. The molecule has 1 fully saturated rings. The third kappa shape index (κ3) is 2.89. The number of rotatable bonds is 3. The van der Waals surface area contributed by atoms with E-state index in [1.165, 1.54) is 6.33 Å². The second-order valence-electron chi connectivity index (χ2n) is 7.56. The number of hydrogen-bond donors (Lipinski definition) is 0. The summed E-state index contributed by atoms with van der Waals surface area (Å²) in [7, 11) is 0. The minimum atomic E-state index is 0.0133. The van der Waals surface area contributed by atoms with E-state index in [-0.39, 0.29) is 11.6 Å². The summed E-state index contributed by atoms with van der Waals surface area (Å²) in [6, 6.07) is 4.06. The summed E-state index contributed by atoms with van der Waals surface area (Å²) in [5.74, 6) is 1.60. The largest absolute Gasteiger partial charge is 0.352 e. The van der Waals surface area contributed by atoms with Gasteiger partial charge in [0.2, 0.25) is 0 Å². The maximum atomic E-state index is 12.6. The lowest BCUT2D eigenvalue weighted by Crippen LogP contribution is -2.38. The Morgan fingerprint density at radius 3 is 3.00 bits per heavy atom. The number of aromatic nitrogens is 6. The Morgan fingerprint density at radius 1 is 1.19 bits per heavy atom. The molecular weight excluding hydrogens is 342 g/mol. The lowest BCUT2D eigenvalue weighted by Gasteiger charge is -2.27. The molecular formula is C19H23N7O. The van der Waals surface area contributed by atoms with Crippen LogP contribution >= 0.6 is 0 Å². The van der Waals surface area contributed by atoms with Crippen LogP contribution in [0.25, 0.3) is 5.78 Å². The van der Waals surface area contributed by atoms with Crippen molar-refractivity contribution in [2.45, 2.75) is 58.0 Å². The zero-order valence-corrected chi connectivity index (χ0v) is 15.5. The Balaban J connectivity index is 1.48. The van der Waals surface area contributed by atoms with E-state index < -0.39 is 0 Å². The van der Waals surface area contributed by atoms with Crippen LogP contribution in [-0.2, 0) is 19.4 Å². The first-order valence-electron chi connectivity index (χ1n) is 9.73. The summed E-state index contributed by atoms with van der Waals surface area (Å²) in [6.45, 7) is 3.51. The van der Waals surface area contributed by atoms with Crippen molar-refractivity contribution in [3.05, 3.63) is 45.8 Å². The van der Waals surface area contributed by atoms with Crippen LogP contribution in [0, 0.1) is 6.92 Å². The molecule has 2 aliphatic rings. The molecule has 5 rings (SSSR count). The lowest BCUT2D eigenvalue weighted by atomic mass is 9.97. The molecule has 0 saturated carbocycles. The van der Waals surface area contributed by atoms with Crippen molar-refractivity contribution in [1.82, 2.24) is 29.4 Å². The van der Waals surface area contributed by atoms with Gasteiger partial charge in [0.25, 0.3) is 11.3 Å². The normalized spacial score (nSPS) is 19.6. The van der Waals surface area contributed by atoms with E-state index >= 15 is 0 Å². The summed E-state index contributed by atoms with van der Waals surface area (Å²) in [5.41, 5.74) is 3.17. The number of fused-ring (bicyclic) bond motifs is 2. The van der Waals surface area contributed by atoms with E-state index in [2.05, 4.69) is 20.0 Å². The lowest BCUT2D eigenvalue weighted by molar-refractivity contribution is 0.471. The minimum absolute atomic E-state index is 0.0133. The van der Waals surface area contributed by atoms with E-state index in [1.807, 2.05) is 13.0 Å². The summed E-state index contributed by atoms with van der Waals surface area (Å²) < 4.78 is 3.45. The summed E-state index contributed by atoms with van der Waals surface area (Å²) in [6.07, 6.45) is 7.93. The van der Waals surface area contributed by atoms with Crippen molar-refractivity contribution in [2.24, 2.45) is 0 Å². The van der Waals surface area contributed by atoms with Gasteiger partial charge < -0.3 is 4.90 Å². The van der Waals surface area contributed by atoms with Gasteiger partial charge in [-0.25, -0.2) is 9.67 Å². The van der Waals surface area contributed by atoms with Gasteiger partial charge in [0.15, 0.2) is 0 Å². The Hall–Kier alpha value is -2.77. The second kappa shape index (κ2) is 6.44. The average molecular weight is 365 g/mol. The molecule has 0 bridgehead atoms. The molecule has 3 aromatic rings. The summed E-state index contributed by atoms with van der Waals surface area (Å²) in [5, 5.41) is 9.04. The zero-order valence-electron chi connectivity index (χ0n) is 15.5. The van der Waals surface area contributed by atoms with Gasteiger partial charge in [0.05, 0.1) is 18.3 Å². The van der Waals surface area contributed by atoms with Gasteiger partial charge in [-0.2, -0.15) is 19.7 Å². The van der Waals surface area contributed by atoms with Crippen molar-refractivity contribution in [1.29, 1.82) is 0 Å². The fourth-order valence-corrected chi connectivity index (χ4v) is 4.37. The van der Waals surface area contributed by atoms with Crippen LogP contribution in [-0.4, -0.2) is 41.9 Å². The number of nitrogens with zero attached hydrogens (tertiary/aromatic N) is 7. The van der Waals surface area contributed by atoms with Crippen LogP contribution in [0.2, 0.25) is 0 Å². The third-order valence-electron chi connectivity index (χ3n) is 5.69. The van der Waals surface area contributed by atoms with Crippen molar-refractivity contribution in [2.75, 3.05) is 11.4 Å². The smallest absolute Gasteiger partial charge is 0.267 e. The SMILES string of the molecule is Cc1cc(N2CCCC2Cn2nc3c(cc2=O)CCCC3)n2ncnc2n1. The predicted molar refractivity (Wildman–Crippen MR) is 101 cm³/mol. The van der Waals surface area contributed by atoms with Crippen molar-refractivity contribution >= 4 is 11.6 Å². The molecule has 3 aromatic heterocycles. The van der Waals surface area contributed by atoms with Gasteiger partial charge >= 0.3 is 0 Å². The van der Waals surface area contributed by atoms with E-state index in [9.17, 15) is 4.79 Å². The summed E-state index contributed by atoms with van der Waals surface area (Å²) >= 11 is 0. The molecule has 1 atom stereocenters. The Bertz CT molecular complexity index is 1050. The molecule has 1 unspecified atom stereocenters. The van der Waals surface area contributed by atoms with E-state index in [0.29, 0.717) is 12.3 Å². The first-order chi connectivity index (χ1) is 13.2. The zero-order chi connectivity index (χ0) is 18.4. The van der Waals surface area contributed by atoms with E-state index in [0.717, 1.165) is 67.8 Å². The van der Waals surface area contributed by atoms with Gasteiger partial charge in [-0.15, -0.1) is 0 Å². The Kier molecular flexibility index (Phi) is 3.91. The van der Waals surface area contributed by atoms with E-state index in [4.69, 9.17) is 5.10 Å². The van der Waals surface area contributed by atoms with Crippen LogP contribution in [0.15, 0.2) is 23.3 Å². The minimum Gasteiger partial charge on any atom is -0.352 e. The van der Waals surface area contributed by atoms with Crippen molar-refractivity contribution in [3.63, 3.8) is 0 Å². The standard InChI is InChI=1S/C19H23N7O/c1-13-9-17(26-19(22-13)20-12-21-26)24-8-4-6-15(24)11-25-18(27)10-14-5-2-3-7-16(14)23-25/h9-10,12,15H,2-8,11H2,1H3. The molecule has 8 heteroatoms. The summed E-state index contributed by atoms with van der Waals surface area (Å²) in [4.78, 5) is 23.6. The fourth-order valence-electron chi connectivity index (χ4n) is 4.37. The molecule has 0 radical (unpaired) electrons. The Morgan fingerprint density at radius 2 is 2.07 bits per heavy atom. The number of aryl methyl sites for hydroxylation is 3. The first kappa shape index (κ1) is 16.4. The molecule has 27 heavy (non-hydrogen) atoms. The molecule has 4 heterocycles. The molecule has 1 aliphatic carbocycles. The van der Waals surface area contributed by atoms with Crippen molar-refractivity contribution < 1.29 is 0 Å². The van der Waals surface area contributed by atoms with Gasteiger partial charge in [-0.05, 0) is 51.0 Å². The maximum absolute atomic E-state index is 12.6. The topological polar surface area (TPSA) is 81.2 Å². The van der Waals surface area contributed by atoms with E-state index in [1.54, 1.807) is 15.3 Å². The molecule has 0 N–H and O–H groups in total. The molecule has 1 saturated heterocycles. The highest BCUT2D eigenvalue weighted by molar-refractivity contribution is 5.48. The molecule has 8 nitrogen and oxygen atoms in total. The molecule has 140 valence electrons. The van der Waals surface area contributed by atoms with Crippen LogP contribution < -0.4 is 10.5 Å². The molecule has 1 aliphatic heterocycles.